The minimum Gasteiger partial charge on any atom is -0.390 e. The molecule has 2 rings (SSSR count). The first-order valence-corrected chi connectivity index (χ1v) is 7.06. The number of allylic oxidation sites excluding steroid dienone is 1. The van der Waals surface area contributed by atoms with Crippen molar-refractivity contribution in [2.75, 3.05) is 0 Å². The average molecular weight is 254 g/mol. The molecule has 0 aromatic rings. The van der Waals surface area contributed by atoms with Crippen LogP contribution in [-0.4, -0.2) is 34.1 Å². The molecule has 1 aliphatic carbocycles. The molecular formula is C15H26O3. The normalized spacial score (nSPS) is 48.3. The fourth-order valence-electron chi connectivity index (χ4n) is 3.08. The number of hydrogen-bond donors (Lipinski definition) is 2. The van der Waals surface area contributed by atoms with Crippen molar-refractivity contribution in [2.45, 2.75) is 70.9 Å². The summed E-state index contributed by atoms with van der Waals surface area (Å²) in [6.45, 7) is 8.26. The van der Waals surface area contributed by atoms with E-state index < -0.39 is 12.2 Å². The number of fused-ring (bicyclic) bond motifs is 1. The molecule has 1 heterocycles. The molecule has 3 nitrogen and oxygen atoms in total. The molecule has 3 heteroatoms. The highest BCUT2D eigenvalue weighted by molar-refractivity contribution is 5.11. The van der Waals surface area contributed by atoms with Crippen LogP contribution in [0.5, 0.6) is 0 Å². The van der Waals surface area contributed by atoms with Gasteiger partial charge in [-0.1, -0.05) is 19.9 Å². The van der Waals surface area contributed by atoms with E-state index in [1.165, 1.54) is 0 Å². The van der Waals surface area contributed by atoms with E-state index in [4.69, 9.17) is 4.74 Å². The predicted molar refractivity (Wildman–Crippen MR) is 71.2 cm³/mol. The van der Waals surface area contributed by atoms with Crippen LogP contribution in [0.3, 0.4) is 0 Å². The summed E-state index contributed by atoms with van der Waals surface area (Å²) in [5.41, 5.74) is 0.863. The molecular weight excluding hydrogens is 228 g/mol. The number of aliphatic hydroxyl groups excluding tert-OH is 2. The SMILES string of the molecule is C/C1=C\CC[C@]2(C)O[C@H]2[C@H](O)[C@H](C(C)C)C[C@@H]1O. The Kier molecular flexibility index (Phi) is 3.86. The number of aliphatic hydroxyl groups is 2. The zero-order valence-electron chi connectivity index (χ0n) is 11.9. The molecule has 0 saturated carbocycles. The Hall–Kier alpha value is -0.380. The topological polar surface area (TPSA) is 53.0 Å². The molecule has 2 aliphatic rings. The summed E-state index contributed by atoms with van der Waals surface area (Å²) in [7, 11) is 0. The van der Waals surface area contributed by atoms with Crippen molar-refractivity contribution in [1.82, 2.24) is 0 Å². The average Bonchev–Trinajstić information content (AvgIpc) is 2.95. The standard InChI is InChI=1S/C15H26O3/c1-9(2)11-8-12(16)10(3)6-5-7-15(4)14(18-15)13(11)17/h6,9,11-14,16-17H,5,7-8H2,1-4H3/b10-6+/t11-,12-,13+,14-,15-/m0/s1. The molecule has 0 unspecified atom stereocenters. The van der Waals surface area contributed by atoms with E-state index in [0.717, 1.165) is 18.4 Å². The smallest absolute Gasteiger partial charge is 0.113 e. The van der Waals surface area contributed by atoms with Crippen molar-refractivity contribution in [1.29, 1.82) is 0 Å². The molecule has 2 N–H and O–H groups in total. The largest absolute Gasteiger partial charge is 0.390 e. The van der Waals surface area contributed by atoms with Gasteiger partial charge in [0, 0.05) is 0 Å². The third-order valence-corrected chi connectivity index (χ3v) is 4.67. The highest BCUT2D eigenvalue weighted by atomic mass is 16.6. The summed E-state index contributed by atoms with van der Waals surface area (Å²) in [5.74, 6) is 0.434. The monoisotopic (exact) mass is 254 g/mol. The maximum atomic E-state index is 10.5. The summed E-state index contributed by atoms with van der Waals surface area (Å²) in [5, 5.41) is 20.7. The Morgan fingerprint density at radius 1 is 1.39 bits per heavy atom. The second-order valence-electron chi connectivity index (χ2n) is 6.49. The highest BCUT2D eigenvalue weighted by Crippen LogP contribution is 2.46. The van der Waals surface area contributed by atoms with Gasteiger partial charge in [-0.25, -0.2) is 0 Å². The Morgan fingerprint density at radius 3 is 2.67 bits per heavy atom. The summed E-state index contributed by atoms with van der Waals surface area (Å²) in [6, 6.07) is 0. The molecule has 0 radical (unpaired) electrons. The van der Waals surface area contributed by atoms with Gasteiger partial charge in [-0.15, -0.1) is 0 Å². The van der Waals surface area contributed by atoms with Gasteiger partial charge in [0.15, 0.2) is 0 Å². The van der Waals surface area contributed by atoms with Crippen molar-refractivity contribution >= 4 is 0 Å². The van der Waals surface area contributed by atoms with Crippen LogP contribution in [0.25, 0.3) is 0 Å². The first kappa shape index (κ1) is 14.0. The van der Waals surface area contributed by atoms with E-state index in [1.807, 2.05) is 6.92 Å². The van der Waals surface area contributed by atoms with E-state index in [9.17, 15) is 10.2 Å². The molecule has 0 aromatic heterocycles. The molecule has 0 spiro atoms. The molecule has 1 saturated heterocycles. The Labute approximate surface area is 110 Å². The Morgan fingerprint density at radius 2 is 2.06 bits per heavy atom. The number of rotatable bonds is 1. The van der Waals surface area contributed by atoms with Crippen LogP contribution >= 0.6 is 0 Å². The van der Waals surface area contributed by atoms with Gasteiger partial charge in [0.05, 0.1) is 17.8 Å². The summed E-state index contributed by atoms with van der Waals surface area (Å²) >= 11 is 0. The van der Waals surface area contributed by atoms with Gasteiger partial charge in [0.1, 0.15) is 6.10 Å². The lowest BCUT2D eigenvalue weighted by molar-refractivity contribution is 0.0287. The lowest BCUT2D eigenvalue weighted by Gasteiger charge is -2.29. The van der Waals surface area contributed by atoms with Crippen molar-refractivity contribution in [3.8, 4) is 0 Å². The van der Waals surface area contributed by atoms with Crippen LogP contribution in [0.1, 0.15) is 47.0 Å². The van der Waals surface area contributed by atoms with E-state index >= 15 is 0 Å². The van der Waals surface area contributed by atoms with Gasteiger partial charge in [-0.05, 0) is 50.5 Å². The maximum absolute atomic E-state index is 10.5. The van der Waals surface area contributed by atoms with Crippen LogP contribution in [0.4, 0.5) is 0 Å². The van der Waals surface area contributed by atoms with Gasteiger partial charge in [0.2, 0.25) is 0 Å². The number of ether oxygens (including phenoxy) is 1. The minimum absolute atomic E-state index is 0.0519. The van der Waals surface area contributed by atoms with Gasteiger partial charge in [0.25, 0.3) is 0 Å². The van der Waals surface area contributed by atoms with Crippen LogP contribution in [0, 0.1) is 11.8 Å². The van der Waals surface area contributed by atoms with Crippen molar-refractivity contribution in [2.24, 2.45) is 11.8 Å². The Balaban J connectivity index is 2.20. The maximum Gasteiger partial charge on any atom is 0.113 e. The van der Waals surface area contributed by atoms with E-state index in [-0.39, 0.29) is 17.6 Å². The molecule has 0 amide bonds. The zero-order valence-corrected chi connectivity index (χ0v) is 11.9. The third kappa shape index (κ3) is 2.63. The summed E-state index contributed by atoms with van der Waals surface area (Å²) in [6.07, 6.45) is 3.62. The van der Waals surface area contributed by atoms with Crippen LogP contribution in [-0.2, 0) is 4.74 Å². The zero-order chi connectivity index (χ0) is 13.5. The molecule has 1 aliphatic heterocycles. The molecule has 0 bridgehead atoms. The molecule has 0 aromatic carbocycles. The summed E-state index contributed by atoms with van der Waals surface area (Å²) in [4.78, 5) is 0. The van der Waals surface area contributed by atoms with Gasteiger partial charge < -0.3 is 14.9 Å². The van der Waals surface area contributed by atoms with Crippen molar-refractivity contribution in [3.63, 3.8) is 0 Å². The second kappa shape index (κ2) is 4.95. The van der Waals surface area contributed by atoms with E-state index in [1.54, 1.807) is 0 Å². The highest BCUT2D eigenvalue weighted by Gasteiger charge is 2.57. The molecule has 104 valence electrons. The molecule has 5 atom stereocenters. The fraction of sp³-hybridized carbons (Fsp3) is 0.867. The molecule has 1 fully saturated rings. The fourth-order valence-corrected chi connectivity index (χ4v) is 3.08. The van der Waals surface area contributed by atoms with Gasteiger partial charge >= 0.3 is 0 Å². The quantitative estimate of drug-likeness (QED) is 0.557. The van der Waals surface area contributed by atoms with Crippen molar-refractivity contribution < 1.29 is 14.9 Å². The predicted octanol–water partition coefficient (Wildman–Crippen LogP) is 2.27. The van der Waals surface area contributed by atoms with E-state index in [0.29, 0.717) is 12.3 Å². The van der Waals surface area contributed by atoms with Gasteiger partial charge in [-0.2, -0.15) is 0 Å². The number of epoxide rings is 1. The first-order valence-electron chi connectivity index (χ1n) is 7.06. The lowest BCUT2D eigenvalue weighted by Crippen LogP contribution is -2.36. The lowest BCUT2D eigenvalue weighted by atomic mass is 9.79. The first-order chi connectivity index (χ1) is 8.35. The van der Waals surface area contributed by atoms with Crippen LogP contribution in [0.15, 0.2) is 11.6 Å². The molecule has 18 heavy (non-hydrogen) atoms. The van der Waals surface area contributed by atoms with Gasteiger partial charge in [-0.3, -0.25) is 0 Å². The van der Waals surface area contributed by atoms with Crippen LogP contribution in [0.2, 0.25) is 0 Å². The van der Waals surface area contributed by atoms with Crippen molar-refractivity contribution in [3.05, 3.63) is 11.6 Å². The number of hydrogen-bond acceptors (Lipinski definition) is 3. The second-order valence-corrected chi connectivity index (χ2v) is 6.49. The summed E-state index contributed by atoms with van der Waals surface area (Å²) < 4.78 is 5.74. The van der Waals surface area contributed by atoms with E-state index in [2.05, 4.69) is 26.8 Å². The van der Waals surface area contributed by atoms with Crippen LogP contribution < -0.4 is 0 Å². The third-order valence-electron chi connectivity index (χ3n) is 4.67. The Bertz CT molecular complexity index is 337. The minimum atomic E-state index is -0.462.